The molecule has 0 saturated carbocycles. The Morgan fingerprint density at radius 1 is 1.24 bits per heavy atom. The molecule has 0 bridgehead atoms. The molecule has 1 saturated heterocycles. The van der Waals surface area contributed by atoms with Gasteiger partial charge in [0.1, 0.15) is 24.1 Å². The number of hydrogen-bond acceptors (Lipinski definition) is 6. The maximum atomic E-state index is 13.6. The fourth-order valence-corrected chi connectivity index (χ4v) is 4.81. The Bertz CT molecular complexity index is 1220. The van der Waals surface area contributed by atoms with Gasteiger partial charge in [0.15, 0.2) is 5.78 Å². The van der Waals surface area contributed by atoms with Crippen LogP contribution in [0.15, 0.2) is 36.4 Å². The Morgan fingerprint density at radius 3 is 2.55 bits per heavy atom. The van der Waals surface area contributed by atoms with Gasteiger partial charge in [-0.3, -0.25) is 19.2 Å². The molecule has 10 heteroatoms. The lowest BCUT2D eigenvalue weighted by Gasteiger charge is -2.25. The molecule has 3 unspecified atom stereocenters. The summed E-state index contributed by atoms with van der Waals surface area (Å²) in [6, 6.07) is 5.30. The topological polar surface area (TPSA) is 139 Å². The lowest BCUT2D eigenvalue weighted by atomic mass is 9.95. The van der Waals surface area contributed by atoms with E-state index in [4.69, 9.17) is 4.74 Å². The molecule has 38 heavy (non-hydrogen) atoms. The molecule has 10 nitrogen and oxygen atoms in total. The summed E-state index contributed by atoms with van der Waals surface area (Å²) >= 11 is 0. The van der Waals surface area contributed by atoms with Crippen LogP contribution in [0.4, 0.5) is 0 Å². The molecule has 0 aliphatic carbocycles. The molecule has 0 radical (unpaired) electrons. The molecule has 3 rings (SSSR count). The van der Waals surface area contributed by atoms with E-state index < -0.39 is 42.2 Å². The highest BCUT2D eigenvalue weighted by molar-refractivity contribution is 6.02. The fraction of sp³-hybridized carbons (Fsp3) is 0.500. The minimum absolute atomic E-state index is 0.0556. The van der Waals surface area contributed by atoms with Crippen LogP contribution in [0.2, 0.25) is 0 Å². The number of aliphatic hydroxyl groups excluding tert-OH is 1. The molecule has 4 N–H and O–H groups in total. The van der Waals surface area contributed by atoms with E-state index in [0.29, 0.717) is 37.4 Å². The maximum absolute atomic E-state index is 13.6. The summed E-state index contributed by atoms with van der Waals surface area (Å²) in [6.45, 7) is 9.85. The normalized spacial score (nSPS) is 16.7. The lowest BCUT2D eigenvalue weighted by molar-refractivity contribution is -0.131. The number of allylic oxidation sites excluding steroid dienone is 1. The molecule has 3 atom stereocenters. The summed E-state index contributed by atoms with van der Waals surface area (Å²) in [6.07, 6.45) is 0.963. The summed E-state index contributed by atoms with van der Waals surface area (Å²) in [5.74, 6) is -1.51. The highest BCUT2D eigenvalue weighted by Gasteiger charge is 2.33. The van der Waals surface area contributed by atoms with Crippen LogP contribution in [-0.4, -0.2) is 65.5 Å². The first kappa shape index (κ1) is 28.9. The first-order valence-corrected chi connectivity index (χ1v) is 12.9. The van der Waals surface area contributed by atoms with Crippen LogP contribution in [0.25, 0.3) is 10.9 Å². The van der Waals surface area contributed by atoms with Crippen LogP contribution in [0.3, 0.4) is 0 Å². The average molecular weight is 527 g/mol. The number of methoxy groups -OCH3 is 1. The third kappa shape index (κ3) is 6.80. The number of benzene rings is 1. The predicted octanol–water partition coefficient (Wildman–Crippen LogP) is 1.94. The van der Waals surface area contributed by atoms with E-state index >= 15 is 0 Å². The summed E-state index contributed by atoms with van der Waals surface area (Å²) in [7, 11) is 1.56. The van der Waals surface area contributed by atoms with Crippen molar-refractivity contribution < 1.29 is 29.0 Å². The molecular weight excluding hydrogens is 488 g/mol. The number of aliphatic hydroxyl groups is 1. The number of amides is 3. The van der Waals surface area contributed by atoms with Crippen molar-refractivity contribution in [2.24, 2.45) is 11.8 Å². The zero-order valence-corrected chi connectivity index (χ0v) is 22.5. The van der Waals surface area contributed by atoms with E-state index in [0.717, 1.165) is 16.5 Å². The van der Waals surface area contributed by atoms with Crippen molar-refractivity contribution in [3.8, 4) is 5.75 Å². The van der Waals surface area contributed by atoms with Gasteiger partial charge in [-0.2, -0.15) is 0 Å². The van der Waals surface area contributed by atoms with Crippen LogP contribution in [0.1, 0.15) is 50.5 Å². The van der Waals surface area contributed by atoms with Crippen molar-refractivity contribution in [3.63, 3.8) is 0 Å². The predicted molar refractivity (Wildman–Crippen MR) is 144 cm³/mol. The number of carbonyl (C=O) groups is 4. The summed E-state index contributed by atoms with van der Waals surface area (Å²) in [5, 5.41) is 18.5. The number of nitrogens with zero attached hydrogens (tertiary/aromatic N) is 1. The monoisotopic (exact) mass is 526 g/mol. The Kier molecular flexibility index (Phi) is 9.68. The molecule has 2 heterocycles. The van der Waals surface area contributed by atoms with E-state index in [1.54, 1.807) is 13.2 Å². The Balaban J connectivity index is 1.87. The Hall–Kier alpha value is -3.66. The quantitative estimate of drug-likeness (QED) is 0.294. The fourth-order valence-electron chi connectivity index (χ4n) is 4.81. The number of ether oxygens (including phenoxy) is 1. The standard InChI is InChI=1S/C28H38N4O6/c1-16(2)11-21(27(36)30-20(24(34)15-33)12-18-9-10-29-26(18)35)31-28(37)23-13-19-22(32(23)14-17(3)4)7-6-8-25(19)38-5/h6-8,13,16,18,20-21,33H,3,9-12,14-15H2,1-2,4-5H3,(H,29,35)(H,30,36)(H,31,37). The molecule has 2 aromatic rings. The van der Waals surface area contributed by atoms with Gasteiger partial charge in [-0.25, -0.2) is 0 Å². The molecule has 1 aliphatic heterocycles. The van der Waals surface area contributed by atoms with Gasteiger partial charge in [-0.1, -0.05) is 32.1 Å². The molecule has 1 aliphatic rings. The van der Waals surface area contributed by atoms with Crippen LogP contribution in [0, 0.1) is 11.8 Å². The number of ketones is 1. The number of aromatic nitrogens is 1. The van der Waals surface area contributed by atoms with Gasteiger partial charge in [0.2, 0.25) is 11.8 Å². The van der Waals surface area contributed by atoms with Crippen LogP contribution in [0.5, 0.6) is 5.75 Å². The smallest absolute Gasteiger partial charge is 0.268 e. The number of nitrogens with one attached hydrogen (secondary N) is 3. The van der Waals surface area contributed by atoms with E-state index in [1.807, 2.05) is 43.5 Å². The lowest BCUT2D eigenvalue weighted by Crippen LogP contribution is -2.53. The third-order valence-electron chi connectivity index (χ3n) is 6.66. The summed E-state index contributed by atoms with van der Waals surface area (Å²) < 4.78 is 7.31. The average Bonchev–Trinajstić information content (AvgIpc) is 3.44. The van der Waals surface area contributed by atoms with Gasteiger partial charge in [0.25, 0.3) is 5.91 Å². The van der Waals surface area contributed by atoms with Gasteiger partial charge in [-0.15, -0.1) is 0 Å². The first-order chi connectivity index (χ1) is 18.0. The molecule has 3 amide bonds. The molecule has 206 valence electrons. The van der Waals surface area contributed by atoms with Gasteiger partial charge in [0, 0.05) is 24.4 Å². The summed E-state index contributed by atoms with van der Waals surface area (Å²) in [5.41, 5.74) is 1.99. The minimum atomic E-state index is -1.04. The van der Waals surface area contributed by atoms with Crippen LogP contribution in [-0.2, 0) is 20.9 Å². The van der Waals surface area contributed by atoms with E-state index in [9.17, 15) is 24.3 Å². The second kappa shape index (κ2) is 12.7. The van der Waals surface area contributed by atoms with Crippen molar-refractivity contribution in [3.05, 3.63) is 42.1 Å². The number of hydrogen-bond donors (Lipinski definition) is 4. The number of Topliss-reactive ketones (excluding diaryl/α,β-unsaturated/α-hetero) is 1. The van der Waals surface area contributed by atoms with Gasteiger partial charge < -0.3 is 30.4 Å². The zero-order chi connectivity index (χ0) is 28.0. The van der Waals surface area contributed by atoms with Crippen molar-refractivity contribution in [1.82, 2.24) is 20.5 Å². The highest BCUT2D eigenvalue weighted by Crippen LogP contribution is 2.29. The van der Waals surface area contributed by atoms with E-state index in [1.165, 1.54) is 0 Å². The first-order valence-electron chi connectivity index (χ1n) is 12.9. The third-order valence-corrected chi connectivity index (χ3v) is 6.66. The highest BCUT2D eigenvalue weighted by atomic mass is 16.5. The molecule has 1 aromatic carbocycles. The van der Waals surface area contributed by atoms with Crippen molar-refractivity contribution in [1.29, 1.82) is 0 Å². The number of rotatable bonds is 13. The van der Waals surface area contributed by atoms with Gasteiger partial charge in [0.05, 0.1) is 18.7 Å². The van der Waals surface area contributed by atoms with Crippen LogP contribution < -0.4 is 20.7 Å². The van der Waals surface area contributed by atoms with Crippen molar-refractivity contribution in [2.75, 3.05) is 20.3 Å². The van der Waals surface area contributed by atoms with E-state index in [2.05, 4.69) is 22.5 Å². The van der Waals surface area contributed by atoms with Crippen molar-refractivity contribution >= 4 is 34.4 Å². The van der Waals surface area contributed by atoms with Crippen LogP contribution >= 0.6 is 0 Å². The Labute approximate surface area is 222 Å². The SMILES string of the molecule is C=C(C)Cn1c(C(=O)NC(CC(C)C)C(=O)NC(CC2CCNC2=O)C(=O)CO)cc2c(OC)cccc21. The number of fused-ring (bicyclic) bond motifs is 1. The molecule has 1 fully saturated rings. The second-order valence-corrected chi connectivity index (χ2v) is 10.3. The van der Waals surface area contributed by atoms with Gasteiger partial charge >= 0.3 is 0 Å². The molecule has 1 aromatic heterocycles. The second-order valence-electron chi connectivity index (χ2n) is 10.3. The minimum Gasteiger partial charge on any atom is -0.496 e. The number of carbonyl (C=O) groups excluding carboxylic acids is 4. The summed E-state index contributed by atoms with van der Waals surface area (Å²) in [4.78, 5) is 51.4. The largest absolute Gasteiger partial charge is 0.496 e. The van der Waals surface area contributed by atoms with E-state index in [-0.39, 0.29) is 18.2 Å². The Morgan fingerprint density at radius 2 is 1.97 bits per heavy atom. The molecule has 0 spiro atoms. The maximum Gasteiger partial charge on any atom is 0.268 e. The zero-order valence-electron chi connectivity index (χ0n) is 22.5. The molecular formula is C28H38N4O6. The van der Waals surface area contributed by atoms with Crippen molar-refractivity contribution in [2.45, 2.75) is 58.7 Å². The van der Waals surface area contributed by atoms with Gasteiger partial charge in [-0.05, 0) is 50.3 Å².